The van der Waals surface area contributed by atoms with Crippen LogP contribution in [0.3, 0.4) is 0 Å². The summed E-state index contributed by atoms with van der Waals surface area (Å²) in [6, 6.07) is 11.1. The van der Waals surface area contributed by atoms with E-state index in [1.165, 1.54) is 0 Å². The number of aryl methyl sites for hydroxylation is 2. The van der Waals surface area contributed by atoms with Crippen LogP contribution in [0.25, 0.3) is 0 Å². The van der Waals surface area contributed by atoms with Crippen molar-refractivity contribution in [1.29, 1.82) is 0 Å². The number of hydrogen-bond acceptors (Lipinski definition) is 2. The second kappa shape index (κ2) is 5.45. The number of anilines is 2. The fourth-order valence-electron chi connectivity index (χ4n) is 1.79. The predicted molar refractivity (Wildman–Crippen MR) is 82.4 cm³/mol. The Balaban J connectivity index is 2.22. The van der Waals surface area contributed by atoms with Gasteiger partial charge in [0.2, 0.25) is 0 Å². The van der Waals surface area contributed by atoms with E-state index < -0.39 is 0 Å². The average Bonchev–Trinajstić information content (AvgIpc) is 2.32. The van der Waals surface area contributed by atoms with Crippen LogP contribution in [0, 0.1) is 13.8 Å². The molecule has 3 nitrogen and oxygen atoms in total. The minimum Gasteiger partial charge on any atom is -0.398 e. The van der Waals surface area contributed by atoms with Gasteiger partial charge in [-0.1, -0.05) is 22.0 Å². The number of halogens is 1. The lowest BCUT2D eigenvalue weighted by molar-refractivity contribution is 0.102. The van der Waals surface area contributed by atoms with Crippen molar-refractivity contribution in [2.75, 3.05) is 11.1 Å². The van der Waals surface area contributed by atoms with Gasteiger partial charge in [0.15, 0.2) is 0 Å². The molecule has 4 heteroatoms. The van der Waals surface area contributed by atoms with Crippen molar-refractivity contribution >= 4 is 33.2 Å². The highest BCUT2D eigenvalue weighted by atomic mass is 79.9. The van der Waals surface area contributed by atoms with Crippen LogP contribution in [0.15, 0.2) is 40.9 Å². The lowest BCUT2D eigenvalue weighted by atomic mass is 10.1. The molecule has 3 N–H and O–H groups in total. The third kappa shape index (κ3) is 3.35. The Kier molecular flexibility index (Phi) is 3.90. The van der Waals surface area contributed by atoms with Gasteiger partial charge in [0.1, 0.15) is 0 Å². The molecule has 0 atom stereocenters. The average molecular weight is 319 g/mol. The molecule has 0 unspecified atom stereocenters. The molecule has 0 aliphatic heterocycles. The van der Waals surface area contributed by atoms with Gasteiger partial charge in [0.25, 0.3) is 5.91 Å². The molecule has 19 heavy (non-hydrogen) atoms. The maximum Gasteiger partial charge on any atom is 0.255 e. The largest absolute Gasteiger partial charge is 0.398 e. The van der Waals surface area contributed by atoms with E-state index in [9.17, 15) is 4.79 Å². The second-order valence-corrected chi connectivity index (χ2v) is 5.46. The quantitative estimate of drug-likeness (QED) is 0.825. The Hall–Kier alpha value is -1.81. The Labute approximate surface area is 121 Å². The zero-order valence-electron chi connectivity index (χ0n) is 10.8. The van der Waals surface area contributed by atoms with E-state index in [0.29, 0.717) is 16.9 Å². The summed E-state index contributed by atoms with van der Waals surface area (Å²) >= 11 is 3.39. The van der Waals surface area contributed by atoms with E-state index in [1.54, 1.807) is 12.1 Å². The molecule has 2 rings (SSSR count). The summed E-state index contributed by atoms with van der Waals surface area (Å²) in [5.41, 5.74) is 9.84. The minimum atomic E-state index is -0.146. The molecule has 2 aromatic carbocycles. The zero-order chi connectivity index (χ0) is 14.0. The molecule has 0 radical (unpaired) electrons. The lowest BCUT2D eigenvalue weighted by Crippen LogP contribution is -2.12. The van der Waals surface area contributed by atoms with Gasteiger partial charge in [-0.3, -0.25) is 4.79 Å². The van der Waals surface area contributed by atoms with Gasteiger partial charge in [-0.2, -0.15) is 0 Å². The predicted octanol–water partition coefficient (Wildman–Crippen LogP) is 3.90. The summed E-state index contributed by atoms with van der Waals surface area (Å²) in [4.78, 5) is 12.1. The summed E-state index contributed by atoms with van der Waals surface area (Å²) in [6.45, 7) is 3.88. The fraction of sp³-hybridized carbons (Fsp3) is 0.133. The summed E-state index contributed by atoms with van der Waals surface area (Å²) in [5.74, 6) is -0.146. The van der Waals surface area contributed by atoms with Crippen LogP contribution in [0.5, 0.6) is 0 Å². The van der Waals surface area contributed by atoms with Crippen LogP contribution in [-0.4, -0.2) is 5.91 Å². The second-order valence-electron chi connectivity index (χ2n) is 4.54. The van der Waals surface area contributed by atoms with E-state index in [2.05, 4.69) is 21.2 Å². The lowest BCUT2D eigenvalue weighted by Gasteiger charge is -2.08. The number of carbonyl (C=O) groups is 1. The first kappa shape index (κ1) is 13.6. The Morgan fingerprint density at radius 3 is 2.53 bits per heavy atom. The van der Waals surface area contributed by atoms with Crippen LogP contribution < -0.4 is 11.1 Å². The fourth-order valence-corrected chi connectivity index (χ4v) is 2.40. The molecule has 0 fully saturated rings. The Morgan fingerprint density at radius 1 is 1.16 bits per heavy atom. The van der Waals surface area contributed by atoms with Crippen molar-refractivity contribution in [3.8, 4) is 0 Å². The van der Waals surface area contributed by atoms with E-state index in [1.807, 2.05) is 38.1 Å². The highest BCUT2D eigenvalue weighted by Gasteiger charge is 2.08. The first-order valence-corrected chi connectivity index (χ1v) is 6.69. The molecule has 0 saturated heterocycles. The number of amides is 1. The molecule has 98 valence electrons. The summed E-state index contributed by atoms with van der Waals surface area (Å²) in [7, 11) is 0. The number of nitrogen functional groups attached to an aromatic ring is 1. The van der Waals surface area contributed by atoms with Crippen LogP contribution in [0.4, 0.5) is 11.4 Å². The number of rotatable bonds is 2. The Morgan fingerprint density at radius 2 is 1.89 bits per heavy atom. The van der Waals surface area contributed by atoms with Crippen molar-refractivity contribution in [3.63, 3.8) is 0 Å². The standard InChI is InChI=1S/C15H15BrN2O/c1-9-5-11(7-12(16)6-9)15(19)18-13-4-3-10(2)14(17)8-13/h3-8H,17H2,1-2H3,(H,18,19). The number of nitrogens with one attached hydrogen (secondary N) is 1. The van der Waals surface area contributed by atoms with Gasteiger partial charge in [-0.25, -0.2) is 0 Å². The summed E-state index contributed by atoms with van der Waals surface area (Å²) in [6.07, 6.45) is 0. The molecule has 2 aromatic rings. The highest BCUT2D eigenvalue weighted by molar-refractivity contribution is 9.10. The molecule has 0 bridgehead atoms. The summed E-state index contributed by atoms with van der Waals surface area (Å²) in [5, 5.41) is 2.84. The SMILES string of the molecule is Cc1cc(Br)cc(C(=O)Nc2ccc(C)c(N)c2)c1. The maximum absolute atomic E-state index is 12.1. The van der Waals surface area contributed by atoms with Gasteiger partial charge >= 0.3 is 0 Å². The number of nitrogens with two attached hydrogens (primary N) is 1. The maximum atomic E-state index is 12.1. The number of benzene rings is 2. The van der Waals surface area contributed by atoms with Gasteiger partial charge < -0.3 is 11.1 Å². The molecule has 0 saturated carbocycles. The van der Waals surface area contributed by atoms with Crippen molar-refractivity contribution in [3.05, 3.63) is 57.6 Å². The zero-order valence-corrected chi connectivity index (χ0v) is 12.4. The Bertz CT molecular complexity index is 618. The molecule has 1 amide bonds. The molecule has 0 aliphatic rings. The van der Waals surface area contributed by atoms with E-state index in [0.717, 1.165) is 15.6 Å². The van der Waals surface area contributed by atoms with E-state index >= 15 is 0 Å². The molecular formula is C15H15BrN2O. The van der Waals surface area contributed by atoms with Gasteiger partial charge in [0, 0.05) is 21.4 Å². The van der Waals surface area contributed by atoms with Gasteiger partial charge in [-0.05, 0) is 55.3 Å². The monoisotopic (exact) mass is 318 g/mol. The molecule has 0 spiro atoms. The summed E-state index contributed by atoms with van der Waals surface area (Å²) < 4.78 is 0.890. The molecule has 0 aromatic heterocycles. The van der Waals surface area contributed by atoms with Crippen LogP contribution in [-0.2, 0) is 0 Å². The number of hydrogen-bond donors (Lipinski definition) is 2. The first-order chi connectivity index (χ1) is 8.95. The third-order valence-corrected chi connectivity index (χ3v) is 3.30. The van der Waals surface area contributed by atoms with Crippen molar-refractivity contribution < 1.29 is 4.79 Å². The minimum absolute atomic E-state index is 0.146. The van der Waals surface area contributed by atoms with Crippen molar-refractivity contribution in [2.45, 2.75) is 13.8 Å². The molecule has 0 aliphatic carbocycles. The van der Waals surface area contributed by atoms with Crippen LogP contribution in [0.2, 0.25) is 0 Å². The highest BCUT2D eigenvalue weighted by Crippen LogP contribution is 2.19. The number of carbonyl (C=O) groups excluding carboxylic acids is 1. The van der Waals surface area contributed by atoms with Gasteiger partial charge in [0.05, 0.1) is 0 Å². The first-order valence-electron chi connectivity index (χ1n) is 5.90. The van der Waals surface area contributed by atoms with Crippen LogP contribution in [0.1, 0.15) is 21.5 Å². The van der Waals surface area contributed by atoms with E-state index in [4.69, 9.17) is 5.73 Å². The van der Waals surface area contributed by atoms with Crippen molar-refractivity contribution in [2.24, 2.45) is 0 Å². The molecular weight excluding hydrogens is 304 g/mol. The molecule has 0 heterocycles. The topological polar surface area (TPSA) is 55.1 Å². The van der Waals surface area contributed by atoms with E-state index in [-0.39, 0.29) is 5.91 Å². The van der Waals surface area contributed by atoms with Gasteiger partial charge in [-0.15, -0.1) is 0 Å². The smallest absolute Gasteiger partial charge is 0.255 e. The third-order valence-electron chi connectivity index (χ3n) is 2.84. The van der Waals surface area contributed by atoms with Crippen molar-refractivity contribution in [1.82, 2.24) is 0 Å². The normalized spacial score (nSPS) is 10.3. The van der Waals surface area contributed by atoms with Crippen LogP contribution >= 0.6 is 15.9 Å².